The summed E-state index contributed by atoms with van der Waals surface area (Å²) in [7, 11) is 0. The molecule has 0 N–H and O–H groups in total. The maximum atomic E-state index is 12.4. The summed E-state index contributed by atoms with van der Waals surface area (Å²) in [6.45, 7) is 8.33. The topological polar surface area (TPSA) is 40.6 Å². The van der Waals surface area contributed by atoms with Crippen molar-refractivity contribution in [1.82, 2.24) is 9.80 Å². The Bertz CT molecular complexity index is 378. The van der Waals surface area contributed by atoms with E-state index in [0.717, 1.165) is 51.7 Å². The number of hydrogen-bond acceptors (Lipinski definition) is 3. The number of imide groups is 1. The van der Waals surface area contributed by atoms with Crippen LogP contribution in [0.5, 0.6) is 0 Å². The SMILES string of the molecule is CCN(CC)CCCCCN1C(=O)CC2(CCCCC2)CC1=O. The van der Waals surface area contributed by atoms with Gasteiger partial charge in [-0.2, -0.15) is 0 Å². The molecule has 1 aliphatic heterocycles. The summed E-state index contributed by atoms with van der Waals surface area (Å²) in [6.07, 6.45) is 10.2. The highest BCUT2D eigenvalue weighted by atomic mass is 16.2. The molecule has 2 aliphatic rings. The highest BCUT2D eigenvalue weighted by molar-refractivity contribution is 5.98. The number of unbranched alkanes of at least 4 members (excludes halogenated alkanes) is 2. The zero-order valence-corrected chi connectivity index (χ0v) is 15.1. The summed E-state index contributed by atoms with van der Waals surface area (Å²) in [6, 6.07) is 0. The average Bonchev–Trinajstić information content (AvgIpc) is 2.53. The maximum Gasteiger partial charge on any atom is 0.229 e. The van der Waals surface area contributed by atoms with E-state index in [-0.39, 0.29) is 17.2 Å². The summed E-state index contributed by atoms with van der Waals surface area (Å²) < 4.78 is 0. The summed E-state index contributed by atoms with van der Waals surface area (Å²) in [5, 5.41) is 0. The molecule has 2 amide bonds. The Balaban J connectivity index is 1.72. The van der Waals surface area contributed by atoms with Crippen molar-refractivity contribution in [2.75, 3.05) is 26.2 Å². The second-order valence-corrected chi connectivity index (χ2v) is 7.44. The molecule has 2 fully saturated rings. The van der Waals surface area contributed by atoms with Gasteiger partial charge in [0, 0.05) is 19.4 Å². The Morgan fingerprint density at radius 1 is 0.913 bits per heavy atom. The minimum absolute atomic E-state index is 0.0195. The quantitative estimate of drug-likeness (QED) is 0.506. The molecule has 0 unspecified atom stereocenters. The molecule has 0 bridgehead atoms. The van der Waals surface area contributed by atoms with Crippen molar-refractivity contribution in [3.63, 3.8) is 0 Å². The van der Waals surface area contributed by atoms with Crippen LogP contribution >= 0.6 is 0 Å². The fourth-order valence-corrected chi connectivity index (χ4v) is 4.26. The Kier molecular flexibility index (Phi) is 7.07. The summed E-state index contributed by atoms with van der Waals surface area (Å²) >= 11 is 0. The molecule has 1 spiro atoms. The van der Waals surface area contributed by atoms with Gasteiger partial charge in [0.1, 0.15) is 0 Å². The molecule has 4 heteroatoms. The molecule has 0 aromatic rings. The number of rotatable bonds is 8. The third-order valence-corrected chi connectivity index (χ3v) is 5.82. The fraction of sp³-hybridized carbons (Fsp3) is 0.895. The van der Waals surface area contributed by atoms with Crippen LogP contribution in [0, 0.1) is 5.41 Å². The molecule has 1 heterocycles. The number of carbonyl (C=O) groups excluding carboxylic acids is 2. The van der Waals surface area contributed by atoms with Crippen LogP contribution in [0.2, 0.25) is 0 Å². The Hall–Kier alpha value is -0.900. The Labute approximate surface area is 141 Å². The van der Waals surface area contributed by atoms with Crippen molar-refractivity contribution in [3.05, 3.63) is 0 Å². The van der Waals surface area contributed by atoms with Crippen LogP contribution in [-0.2, 0) is 9.59 Å². The predicted octanol–water partition coefficient (Wildman–Crippen LogP) is 3.60. The molecule has 0 aromatic carbocycles. The predicted molar refractivity (Wildman–Crippen MR) is 93.1 cm³/mol. The van der Waals surface area contributed by atoms with E-state index in [4.69, 9.17) is 0 Å². The lowest BCUT2D eigenvalue weighted by Crippen LogP contribution is -2.48. The average molecular weight is 322 g/mol. The number of nitrogens with zero attached hydrogens (tertiary/aromatic N) is 2. The number of amides is 2. The van der Waals surface area contributed by atoms with E-state index in [9.17, 15) is 9.59 Å². The lowest BCUT2D eigenvalue weighted by Gasteiger charge is -2.42. The third-order valence-electron chi connectivity index (χ3n) is 5.82. The Morgan fingerprint density at radius 3 is 2.09 bits per heavy atom. The molecule has 1 saturated carbocycles. The molecule has 2 rings (SSSR count). The summed E-state index contributed by atoms with van der Waals surface area (Å²) in [4.78, 5) is 28.9. The molecule has 23 heavy (non-hydrogen) atoms. The van der Waals surface area contributed by atoms with E-state index < -0.39 is 0 Å². The minimum Gasteiger partial charge on any atom is -0.304 e. The molecule has 1 aliphatic carbocycles. The smallest absolute Gasteiger partial charge is 0.229 e. The lowest BCUT2D eigenvalue weighted by atomic mass is 9.67. The molecule has 0 radical (unpaired) electrons. The highest BCUT2D eigenvalue weighted by Gasteiger charge is 2.43. The Morgan fingerprint density at radius 2 is 1.52 bits per heavy atom. The number of carbonyl (C=O) groups is 2. The standard InChI is InChI=1S/C19H34N2O2/c1-3-20(4-2)13-9-6-10-14-21-17(22)15-19(16-18(21)23)11-7-5-8-12-19/h3-16H2,1-2H3. The van der Waals surface area contributed by atoms with Gasteiger partial charge in [-0.05, 0) is 50.7 Å². The number of likely N-dealkylation sites (tertiary alicyclic amines) is 1. The van der Waals surface area contributed by atoms with Crippen LogP contribution in [-0.4, -0.2) is 47.8 Å². The van der Waals surface area contributed by atoms with E-state index in [0.29, 0.717) is 19.4 Å². The first-order valence-corrected chi connectivity index (χ1v) is 9.66. The van der Waals surface area contributed by atoms with Gasteiger partial charge >= 0.3 is 0 Å². The zero-order valence-electron chi connectivity index (χ0n) is 15.1. The van der Waals surface area contributed by atoms with Crippen LogP contribution in [0.3, 0.4) is 0 Å². The van der Waals surface area contributed by atoms with E-state index in [1.165, 1.54) is 19.3 Å². The van der Waals surface area contributed by atoms with Crippen molar-refractivity contribution in [3.8, 4) is 0 Å². The van der Waals surface area contributed by atoms with Gasteiger partial charge in [0.25, 0.3) is 0 Å². The molecular weight excluding hydrogens is 288 g/mol. The molecule has 0 aromatic heterocycles. The van der Waals surface area contributed by atoms with Crippen LogP contribution in [0.1, 0.15) is 78.1 Å². The normalized spacial score (nSPS) is 21.4. The van der Waals surface area contributed by atoms with Gasteiger partial charge in [0.15, 0.2) is 0 Å². The molecule has 132 valence electrons. The number of hydrogen-bond donors (Lipinski definition) is 0. The lowest BCUT2D eigenvalue weighted by molar-refractivity contribution is -0.154. The zero-order chi connectivity index (χ0) is 16.7. The van der Waals surface area contributed by atoms with Crippen molar-refractivity contribution in [2.24, 2.45) is 5.41 Å². The van der Waals surface area contributed by atoms with Gasteiger partial charge in [0.05, 0.1) is 0 Å². The fourth-order valence-electron chi connectivity index (χ4n) is 4.26. The van der Waals surface area contributed by atoms with Gasteiger partial charge in [0.2, 0.25) is 11.8 Å². The molecule has 4 nitrogen and oxygen atoms in total. The summed E-state index contributed by atoms with van der Waals surface area (Å²) in [5.74, 6) is 0.179. The largest absolute Gasteiger partial charge is 0.304 e. The van der Waals surface area contributed by atoms with E-state index >= 15 is 0 Å². The summed E-state index contributed by atoms with van der Waals surface area (Å²) in [5.41, 5.74) is 0.0195. The van der Waals surface area contributed by atoms with E-state index in [1.807, 2.05) is 0 Å². The van der Waals surface area contributed by atoms with E-state index in [2.05, 4.69) is 18.7 Å². The van der Waals surface area contributed by atoms with Gasteiger partial charge in [-0.15, -0.1) is 0 Å². The van der Waals surface area contributed by atoms with Gasteiger partial charge < -0.3 is 4.90 Å². The second-order valence-electron chi connectivity index (χ2n) is 7.44. The van der Waals surface area contributed by atoms with Gasteiger partial charge in [-0.25, -0.2) is 0 Å². The van der Waals surface area contributed by atoms with Crippen LogP contribution in [0.4, 0.5) is 0 Å². The molecule has 0 atom stereocenters. The van der Waals surface area contributed by atoms with Gasteiger partial charge in [-0.3, -0.25) is 14.5 Å². The second kappa shape index (κ2) is 8.81. The molecule has 1 saturated heterocycles. The van der Waals surface area contributed by atoms with Crippen molar-refractivity contribution in [1.29, 1.82) is 0 Å². The first-order chi connectivity index (χ1) is 11.1. The van der Waals surface area contributed by atoms with Crippen LogP contribution in [0.25, 0.3) is 0 Å². The monoisotopic (exact) mass is 322 g/mol. The van der Waals surface area contributed by atoms with Crippen molar-refractivity contribution < 1.29 is 9.59 Å². The van der Waals surface area contributed by atoms with E-state index in [1.54, 1.807) is 4.90 Å². The number of piperidine rings is 1. The maximum absolute atomic E-state index is 12.4. The minimum atomic E-state index is 0.0195. The molecular formula is C19H34N2O2. The van der Waals surface area contributed by atoms with Crippen molar-refractivity contribution in [2.45, 2.75) is 78.1 Å². The third kappa shape index (κ3) is 5.03. The first-order valence-electron chi connectivity index (χ1n) is 9.66. The van der Waals surface area contributed by atoms with Crippen LogP contribution in [0.15, 0.2) is 0 Å². The van der Waals surface area contributed by atoms with Crippen LogP contribution < -0.4 is 0 Å². The van der Waals surface area contributed by atoms with Crippen molar-refractivity contribution >= 4 is 11.8 Å². The first kappa shape index (κ1) is 18.4. The van der Waals surface area contributed by atoms with Gasteiger partial charge in [-0.1, -0.05) is 39.5 Å². The highest BCUT2D eigenvalue weighted by Crippen LogP contribution is 2.45.